The van der Waals surface area contributed by atoms with E-state index in [2.05, 4.69) is 28.8 Å². The maximum absolute atomic E-state index is 13.0. The average Bonchev–Trinajstić information content (AvgIpc) is 2.87. The summed E-state index contributed by atoms with van der Waals surface area (Å²) in [6.07, 6.45) is 2.34. The number of carbonyl (C=O) groups is 2. The molecule has 174 valence electrons. The summed E-state index contributed by atoms with van der Waals surface area (Å²) in [5, 5.41) is 15.7. The Morgan fingerprint density at radius 2 is 1.70 bits per heavy atom. The third-order valence-corrected chi connectivity index (χ3v) is 6.38. The molecule has 7 nitrogen and oxygen atoms in total. The number of nitrogens with zero attached hydrogens (tertiary/aromatic N) is 1. The number of para-hydroxylation sites is 1. The van der Waals surface area contributed by atoms with Gasteiger partial charge >= 0.3 is 6.09 Å². The number of nitriles is 1. The van der Waals surface area contributed by atoms with Crippen LogP contribution in [0.2, 0.25) is 0 Å². The molecule has 1 aliphatic carbocycles. The van der Waals surface area contributed by atoms with Gasteiger partial charge in [0.15, 0.2) is 0 Å². The van der Waals surface area contributed by atoms with Gasteiger partial charge in [-0.3, -0.25) is 4.79 Å². The molecule has 2 amide bonds. The van der Waals surface area contributed by atoms with E-state index < -0.39 is 11.6 Å². The molecule has 1 saturated carbocycles. The highest BCUT2D eigenvalue weighted by Crippen LogP contribution is 2.43. The Kier molecular flexibility index (Phi) is 7.94. The first-order valence-corrected chi connectivity index (χ1v) is 11.3. The Morgan fingerprint density at radius 1 is 1.03 bits per heavy atom. The molecule has 0 saturated heterocycles. The predicted octanol–water partition coefficient (Wildman–Crippen LogP) is 4.34. The quantitative estimate of drug-likeness (QED) is 0.625. The van der Waals surface area contributed by atoms with E-state index in [1.807, 2.05) is 31.2 Å². The van der Waals surface area contributed by atoms with Gasteiger partial charge in [-0.1, -0.05) is 49.4 Å². The molecule has 0 radical (unpaired) electrons. The lowest BCUT2D eigenvalue weighted by atomic mass is 9.64. The van der Waals surface area contributed by atoms with Gasteiger partial charge in [0.25, 0.3) is 5.91 Å². The first-order valence-electron chi connectivity index (χ1n) is 11.3. The largest absolute Gasteiger partial charge is 0.496 e. The molecule has 3 rings (SSSR count). The van der Waals surface area contributed by atoms with E-state index in [4.69, 9.17) is 9.47 Å². The maximum Gasteiger partial charge on any atom is 0.408 e. The molecule has 1 aliphatic rings. The maximum atomic E-state index is 13.0. The Hall–Kier alpha value is -3.53. The van der Waals surface area contributed by atoms with Crippen LogP contribution >= 0.6 is 0 Å². The topological polar surface area (TPSA) is 100 Å². The van der Waals surface area contributed by atoms with Crippen LogP contribution in [0.4, 0.5) is 4.79 Å². The number of methoxy groups -OCH3 is 1. The molecule has 2 N–H and O–H groups in total. The number of carbonyl (C=O) groups excluding carboxylic acids is 2. The fourth-order valence-electron chi connectivity index (χ4n) is 4.38. The van der Waals surface area contributed by atoms with Gasteiger partial charge in [-0.15, -0.1) is 0 Å². The van der Waals surface area contributed by atoms with E-state index in [1.165, 1.54) is 0 Å². The second-order valence-corrected chi connectivity index (χ2v) is 8.48. The summed E-state index contributed by atoms with van der Waals surface area (Å²) in [5.74, 6) is 0.312. The van der Waals surface area contributed by atoms with Crippen molar-refractivity contribution in [2.45, 2.75) is 50.0 Å². The van der Waals surface area contributed by atoms with Gasteiger partial charge in [-0.05, 0) is 49.8 Å². The lowest BCUT2D eigenvalue weighted by molar-refractivity contribution is 0.0925. The Morgan fingerprint density at radius 3 is 2.33 bits per heavy atom. The van der Waals surface area contributed by atoms with Crippen LogP contribution in [0, 0.1) is 11.3 Å². The Bertz CT molecular complexity index is 992. The van der Waals surface area contributed by atoms with Gasteiger partial charge in [0.1, 0.15) is 11.3 Å². The molecule has 2 aromatic carbocycles. The van der Waals surface area contributed by atoms with Crippen molar-refractivity contribution in [2.75, 3.05) is 20.3 Å². The van der Waals surface area contributed by atoms with Gasteiger partial charge in [0.2, 0.25) is 0 Å². The van der Waals surface area contributed by atoms with E-state index >= 15 is 0 Å². The zero-order chi connectivity index (χ0) is 23.7. The molecular weight excluding hydrogens is 418 g/mol. The minimum atomic E-state index is -0.976. The molecule has 7 heteroatoms. The Balaban J connectivity index is 1.77. The number of hydrogen-bond donors (Lipinski definition) is 2. The van der Waals surface area contributed by atoms with Crippen LogP contribution < -0.4 is 15.4 Å². The minimum Gasteiger partial charge on any atom is -0.496 e. The van der Waals surface area contributed by atoms with Crippen molar-refractivity contribution in [3.63, 3.8) is 0 Å². The third-order valence-electron chi connectivity index (χ3n) is 6.38. The fourth-order valence-corrected chi connectivity index (χ4v) is 4.38. The molecule has 33 heavy (non-hydrogen) atoms. The van der Waals surface area contributed by atoms with Crippen LogP contribution in [-0.4, -0.2) is 37.8 Å². The van der Waals surface area contributed by atoms with Crippen molar-refractivity contribution >= 4 is 12.0 Å². The number of amides is 2. The number of ether oxygens (including phenoxy) is 2. The van der Waals surface area contributed by atoms with Crippen LogP contribution in [0.1, 0.15) is 54.9 Å². The molecule has 0 heterocycles. The molecule has 0 spiro atoms. The van der Waals surface area contributed by atoms with E-state index in [1.54, 1.807) is 25.3 Å². The minimum absolute atomic E-state index is 0.207. The summed E-state index contributed by atoms with van der Waals surface area (Å²) in [6.45, 7) is 2.65. The van der Waals surface area contributed by atoms with Gasteiger partial charge in [-0.2, -0.15) is 5.26 Å². The van der Waals surface area contributed by atoms with Crippen LogP contribution in [-0.2, 0) is 10.2 Å². The molecule has 2 aromatic rings. The lowest BCUT2D eigenvalue weighted by Gasteiger charge is -2.44. The highest BCUT2D eigenvalue weighted by Gasteiger charge is 2.45. The Labute approximate surface area is 195 Å². The summed E-state index contributed by atoms with van der Waals surface area (Å²) in [7, 11) is 1.54. The molecule has 0 unspecified atom stereocenters. The summed E-state index contributed by atoms with van der Waals surface area (Å²) >= 11 is 0. The SMILES string of the molecule is CCCOC(=O)NC1(C#N)CCC(CNC(=O)c2ccccc2OC)(c2ccccc2)CC1. The summed E-state index contributed by atoms with van der Waals surface area (Å²) in [4.78, 5) is 25.1. The normalized spacial score (nSPS) is 22.0. The lowest BCUT2D eigenvalue weighted by Crippen LogP contribution is -2.54. The van der Waals surface area contributed by atoms with Gasteiger partial charge < -0.3 is 20.1 Å². The zero-order valence-corrected chi connectivity index (χ0v) is 19.2. The fraction of sp³-hybridized carbons (Fsp3) is 0.423. The van der Waals surface area contributed by atoms with Crippen molar-refractivity contribution in [1.29, 1.82) is 5.26 Å². The number of alkyl carbamates (subject to hydrolysis) is 1. The van der Waals surface area contributed by atoms with Gasteiger partial charge in [0, 0.05) is 12.0 Å². The zero-order valence-electron chi connectivity index (χ0n) is 19.2. The monoisotopic (exact) mass is 449 g/mol. The van der Waals surface area contributed by atoms with Crippen molar-refractivity contribution < 1.29 is 19.1 Å². The molecule has 1 fully saturated rings. The summed E-state index contributed by atoms with van der Waals surface area (Å²) in [6, 6.07) is 19.4. The predicted molar refractivity (Wildman–Crippen MR) is 125 cm³/mol. The van der Waals surface area contributed by atoms with Crippen LogP contribution in [0.3, 0.4) is 0 Å². The summed E-state index contributed by atoms with van der Waals surface area (Å²) in [5.41, 5.74) is 0.250. The van der Waals surface area contributed by atoms with E-state index in [0.29, 0.717) is 50.1 Å². The van der Waals surface area contributed by atoms with Crippen molar-refractivity contribution in [3.05, 3.63) is 65.7 Å². The number of nitrogens with one attached hydrogen (secondary N) is 2. The smallest absolute Gasteiger partial charge is 0.408 e. The molecule has 0 bridgehead atoms. The second kappa shape index (κ2) is 10.9. The highest BCUT2D eigenvalue weighted by molar-refractivity contribution is 5.97. The number of hydrogen-bond acceptors (Lipinski definition) is 5. The van der Waals surface area contributed by atoms with Crippen molar-refractivity contribution in [3.8, 4) is 11.8 Å². The highest BCUT2D eigenvalue weighted by atomic mass is 16.5. The van der Waals surface area contributed by atoms with Gasteiger partial charge in [-0.25, -0.2) is 4.79 Å². The standard InChI is InChI=1S/C26H31N3O4/c1-3-17-33-24(31)29-26(18-27)15-13-25(14-16-26,20-9-5-4-6-10-20)19-28-23(30)21-11-7-8-12-22(21)32-2/h4-12H,3,13-17,19H2,1-2H3,(H,28,30)(H,29,31). The van der Waals surface area contributed by atoms with Crippen molar-refractivity contribution in [1.82, 2.24) is 10.6 Å². The molecule has 0 aliphatic heterocycles. The number of rotatable bonds is 8. The van der Waals surface area contributed by atoms with Crippen LogP contribution in [0.25, 0.3) is 0 Å². The molecule has 0 atom stereocenters. The first-order chi connectivity index (χ1) is 16.0. The van der Waals surface area contributed by atoms with Crippen LogP contribution in [0.15, 0.2) is 54.6 Å². The van der Waals surface area contributed by atoms with E-state index in [9.17, 15) is 14.9 Å². The second-order valence-electron chi connectivity index (χ2n) is 8.48. The van der Waals surface area contributed by atoms with Crippen molar-refractivity contribution in [2.24, 2.45) is 0 Å². The average molecular weight is 450 g/mol. The summed E-state index contributed by atoms with van der Waals surface area (Å²) < 4.78 is 10.5. The molecule has 0 aromatic heterocycles. The first kappa shape index (κ1) is 24.1. The van der Waals surface area contributed by atoms with Crippen LogP contribution in [0.5, 0.6) is 5.75 Å². The number of benzene rings is 2. The van der Waals surface area contributed by atoms with Gasteiger partial charge in [0.05, 0.1) is 25.3 Å². The van der Waals surface area contributed by atoms with E-state index in [0.717, 1.165) is 12.0 Å². The third kappa shape index (κ3) is 5.64. The molecular formula is C26H31N3O4. The van der Waals surface area contributed by atoms with E-state index in [-0.39, 0.29) is 11.3 Å².